The van der Waals surface area contributed by atoms with E-state index in [9.17, 15) is 8.42 Å². The minimum atomic E-state index is -3.47. The maximum atomic E-state index is 11.2. The summed E-state index contributed by atoms with van der Waals surface area (Å²) in [5, 5.41) is 3.67. The van der Waals surface area contributed by atoms with Crippen molar-refractivity contribution in [2.45, 2.75) is 0 Å². The molecule has 0 atom stereocenters. The zero-order valence-electron chi connectivity index (χ0n) is 8.43. The number of nitrogens with one attached hydrogen (secondary N) is 1. The van der Waals surface area contributed by atoms with Crippen LogP contribution in [0, 0.1) is 0 Å². The fourth-order valence-electron chi connectivity index (χ4n) is 0.942. The summed E-state index contributed by atoms with van der Waals surface area (Å²) in [6.45, 7) is 3.33. The van der Waals surface area contributed by atoms with Crippen molar-refractivity contribution >= 4 is 26.8 Å². The number of hydrazone groups is 1. The highest BCUT2D eigenvalue weighted by molar-refractivity contribution is 7.89. The first-order valence-corrected chi connectivity index (χ1v) is 6.47. The third kappa shape index (κ3) is 4.04. The van der Waals surface area contributed by atoms with E-state index < -0.39 is 10.0 Å². The van der Waals surface area contributed by atoms with Crippen LogP contribution in [-0.4, -0.2) is 19.3 Å². The van der Waals surface area contributed by atoms with Crippen molar-refractivity contribution in [3.63, 3.8) is 0 Å². The molecular formula is C10H11ClN2O2S. The molecule has 86 valence electrons. The molecule has 0 fully saturated rings. The number of hydrogen-bond donors (Lipinski definition) is 1. The van der Waals surface area contributed by atoms with Gasteiger partial charge in [-0.3, -0.25) is 0 Å². The average molecular weight is 259 g/mol. The quantitative estimate of drug-likeness (QED) is 0.496. The van der Waals surface area contributed by atoms with Crippen LogP contribution in [0.5, 0.6) is 0 Å². The normalized spacial score (nSPS) is 12.2. The van der Waals surface area contributed by atoms with E-state index in [1.807, 2.05) is 10.9 Å². The topological polar surface area (TPSA) is 58.5 Å². The van der Waals surface area contributed by atoms with Gasteiger partial charge in [-0.15, -0.1) is 6.58 Å². The summed E-state index contributed by atoms with van der Waals surface area (Å²) in [6, 6.07) is 8.85. The largest absolute Gasteiger partial charge is 0.251 e. The lowest BCUT2D eigenvalue weighted by Gasteiger charge is -2.01. The van der Waals surface area contributed by atoms with Crippen molar-refractivity contribution < 1.29 is 8.42 Å². The second-order valence-corrected chi connectivity index (χ2v) is 5.03. The Morgan fingerprint density at radius 3 is 2.62 bits per heavy atom. The summed E-state index contributed by atoms with van der Waals surface area (Å²) in [5.41, 5.74) is 0.644. The van der Waals surface area contributed by atoms with E-state index >= 15 is 0 Å². The molecule has 1 aromatic carbocycles. The SMILES string of the molecule is C=CCS(=O)(=O)NN=C(Cl)c1ccccc1. The Kier molecular flexibility index (Phi) is 4.52. The summed E-state index contributed by atoms with van der Waals surface area (Å²) < 4.78 is 22.4. The van der Waals surface area contributed by atoms with Crippen LogP contribution in [0.4, 0.5) is 0 Å². The van der Waals surface area contributed by atoms with Gasteiger partial charge in [0.2, 0.25) is 0 Å². The lowest BCUT2D eigenvalue weighted by molar-refractivity contribution is 0.587. The van der Waals surface area contributed by atoms with E-state index in [0.29, 0.717) is 5.56 Å². The molecule has 16 heavy (non-hydrogen) atoms. The molecule has 0 saturated carbocycles. The van der Waals surface area contributed by atoms with Crippen molar-refractivity contribution in [2.75, 3.05) is 5.75 Å². The molecule has 0 radical (unpaired) electrons. The highest BCUT2D eigenvalue weighted by Gasteiger charge is 2.06. The fourth-order valence-corrected chi connectivity index (χ4v) is 1.78. The predicted molar refractivity (Wildman–Crippen MR) is 66.0 cm³/mol. The van der Waals surface area contributed by atoms with Crippen LogP contribution in [-0.2, 0) is 10.0 Å². The minimum absolute atomic E-state index is 0.0910. The monoisotopic (exact) mass is 258 g/mol. The van der Waals surface area contributed by atoms with Gasteiger partial charge in [0.25, 0.3) is 10.0 Å². The van der Waals surface area contributed by atoms with Gasteiger partial charge in [-0.25, -0.2) is 13.2 Å². The molecule has 1 rings (SSSR count). The molecule has 0 aliphatic rings. The van der Waals surface area contributed by atoms with Gasteiger partial charge >= 0.3 is 0 Å². The maximum absolute atomic E-state index is 11.2. The standard InChI is InChI=1S/C10H11ClN2O2S/c1-2-8-16(14,15)13-12-10(11)9-6-4-3-5-7-9/h2-7,13H,1,8H2. The summed E-state index contributed by atoms with van der Waals surface area (Å²) in [7, 11) is -3.47. The third-order valence-corrected chi connectivity index (χ3v) is 2.98. The molecule has 0 bridgehead atoms. The average Bonchev–Trinajstić information content (AvgIpc) is 2.27. The highest BCUT2D eigenvalue weighted by Crippen LogP contribution is 2.04. The minimum Gasteiger partial charge on any atom is -0.205 e. The second kappa shape index (κ2) is 5.67. The van der Waals surface area contributed by atoms with Crippen molar-refractivity contribution in [3.05, 3.63) is 48.6 Å². The molecule has 0 saturated heterocycles. The third-order valence-electron chi connectivity index (χ3n) is 1.63. The molecule has 0 unspecified atom stereocenters. The van der Waals surface area contributed by atoms with E-state index in [-0.39, 0.29) is 10.9 Å². The number of hydrogen-bond acceptors (Lipinski definition) is 3. The van der Waals surface area contributed by atoms with E-state index in [2.05, 4.69) is 11.7 Å². The Morgan fingerprint density at radius 2 is 2.06 bits per heavy atom. The zero-order chi connectivity index (χ0) is 12.0. The molecule has 0 spiro atoms. The van der Waals surface area contributed by atoms with Crippen LogP contribution in [0.15, 0.2) is 48.1 Å². The van der Waals surface area contributed by atoms with Crippen molar-refractivity contribution in [3.8, 4) is 0 Å². The zero-order valence-corrected chi connectivity index (χ0v) is 10.0. The Morgan fingerprint density at radius 1 is 1.44 bits per heavy atom. The Balaban J connectivity index is 2.76. The number of sulfonamides is 1. The first kappa shape index (κ1) is 12.7. The van der Waals surface area contributed by atoms with Crippen molar-refractivity contribution in [1.29, 1.82) is 0 Å². The molecule has 0 aromatic heterocycles. The molecule has 1 aromatic rings. The van der Waals surface area contributed by atoms with Gasteiger partial charge in [-0.1, -0.05) is 48.0 Å². The number of benzene rings is 1. The van der Waals surface area contributed by atoms with Crippen LogP contribution in [0.2, 0.25) is 0 Å². The molecule has 0 amide bonds. The smallest absolute Gasteiger partial charge is 0.205 e. The summed E-state index contributed by atoms with van der Waals surface area (Å²) >= 11 is 5.81. The molecule has 6 heteroatoms. The van der Waals surface area contributed by atoms with Crippen molar-refractivity contribution in [2.24, 2.45) is 5.10 Å². The van der Waals surface area contributed by atoms with E-state index in [0.717, 1.165) is 0 Å². The fraction of sp³-hybridized carbons (Fsp3) is 0.100. The summed E-state index contributed by atoms with van der Waals surface area (Å²) in [6.07, 6.45) is 1.27. The van der Waals surface area contributed by atoms with Crippen LogP contribution in [0.3, 0.4) is 0 Å². The summed E-state index contributed by atoms with van der Waals surface area (Å²) in [4.78, 5) is 2.02. The van der Waals surface area contributed by atoms with Crippen LogP contribution < -0.4 is 4.83 Å². The van der Waals surface area contributed by atoms with Crippen LogP contribution >= 0.6 is 11.6 Å². The number of nitrogens with zero attached hydrogens (tertiary/aromatic N) is 1. The van der Waals surface area contributed by atoms with E-state index in [1.165, 1.54) is 6.08 Å². The van der Waals surface area contributed by atoms with Crippen molar-refractivity contribution in [1.82, 2.24) is 4.83 Å². The van der Waals surface area contributed by atoms with Gasteiger partial charge in [0.05, 0.1) is 5.75 Å². The van der Waals surface area contributed by atoms with E-state index in [4.69, 9.17) is 11.6 Å². The molecule has 4 nitrogen and oxygen atoms in total. The Hall–Kier alpha value is -1.33. The molecule has 0 aliphatic carbocycles. The first-order valence-electron chi connectivity index (χ1n) is 4.44. The molecule has 0 heterocycles. The Labute approximate surface area is 99.7 Å². The second-order valence-electron chi connectivity index (χ2n) is 2.93. The van der Waals surface area contributed by atoms with Crippen LogP contribution in [0.25, 0.3) is 0 Å². The maximum Gasteiger partial charge on any atom is 0.251 e. The lowest BCUT2D eigenvalue weighted by atomic mass is 10.2. The first-order chi connectivity index (χ1) is 7.55. The van der Waals surface area contributed by atoms with E-state index in [1.54, 1.807) is 24.3 Å². The molecule has 1 N–H and O–H groups in total. The number of rotatable bonds is 5. The van der Waals surface area contributed by atoms with Gasteiger partial charge in [0.15, 0.2) is 5.17 Å². The van der Waals surface area contributed by atoms with Gasteiger partial charge in [0, 0.05) is 5.56 Å². The van der Waals surface area contributed by atoms with Gasteiger partial charge < -0.3 is 0 Å². The highest BCUT2D eigenvalue weighted by atomic mass is 35.5. The summed E-state index contributed by atoms with van der Waals surface area (Å²) in [5.74, 6) is -0.199. The molecular weight excluding hydrogens is 248 g/mol. The lowest BCUT2D eigenvalue weighted by Crippen LogP contribution is -2.21. The Bertz CT molecular complexity index is 483. The number of halogens is 1. The molecule has 0 aliphatic heterocycles. The van der Waals surface area contributed by atoms with Crippen LogP contribution in [0.1, 0.15) is 5.56 Å². The van der Waals surface area contributed by atoms with Gasteiger partial charge in [-0.2, -0.15) is 5.10 Å². The predicted octanol–water partition coefficient (Wildman–Crippen LogP) is 1.69. The van der Waals surface area contributed by atoms with Gasteiger partial charge in [0.1, 0.15) is 0 Å². The van der Waals surface area contributed by atoms with Gasteiger partial charge in [-0.05, 0) is 0 Å².